The maximum Gasteiger partial charge on any atom is 0.315 e. The number of nitrogens with zero attached hydrogens (tertiary/aromatic N) is 4. The predicted octanol–water partition coefficient (Wildman–Crippen LogP) is 2.74. The Balaban J connectivity index is 1.68. The van der Waals surface area contributed by atoms with Gasteiger partial charge in [0.1, 0.15) is 17.4 Å². The first-order valence-corrected chi connectivity index (χ1v) is 9.49. The highest BCUT2D eigenvalue weighted by Gasteiger charge is 2.27. The number of esters is 1. The summed E-state index contributed by atoms with van der Waals surface area (Å²) in [5.41, 5.74) is 9.78. The number of nitrogens with one attached hydrogen (secondary N) is 1. The second-order valence-electron chi connectivity index (χ2n) is 8.05. The minimum Gasteiger partial charge on any atom is -0.459 e. The lowest BCUT2D eigenvalue weighted by Gasteiger charge is -2.23. The highest BCUT2D eigenvalue weighted by atomic mass is 16.6. The molecule has 0 spiro atoms. The summed E-state index contributed by atoms with van der Waals surface area (Å²) in [5.74, 6) is -0.843. The average Bonchev–Trinajstić information content (AvgIpc) is 3.26. The van der Waals surface area contributed by atoms with Crippen molar-refractivity contribution in [2.45, 2.75) is 38.8 Å². The highest BCUT2D eigenvalue weighted by molar-refractivity contribution is 5.90. The van der Waals surface area contributed by atoms with Gasteiger partial charge < -0.3 is 20.0 Å². The Labute approximate surface area is 168 Å². The van der Waals surface area contributed by atoms with Gasteiger partial charge in [0, 0.05) is 30.2 Å². The lowest BCUT2D eigenvalue weighted by atomic mass is 9.97. The number of nitrogens with two attached hydrogens (primary N) is 1. The van der Waals surface area contributed by atoms with Gasteiger partial charge in [0.15, 0.2) is 5.65 Å². The summed E-state index contributed by atoms with van der Waals surface area (Å²) in [4.78, 5) is 28.5. The Morgan fingerprint density at radius 2 is 2.14 bits per heavy atom. The van der Waals surface area contributed by atoms with Crippen LogP contribution < -0.4 is 5.73 Å². The first kappa shape index (κ1) is 19.1. The van der Waals surface area contributed by atoms with E-state index in [1.54, 1.807) is 12.5 Å². The van der Waals surface area contributed by atoms with E-state index in [4.69, 9.17) is 10.5 Å². The van der Waals surface area contributed by atoms with Gasteiger partial charge in [-0.1, -0.05) is 6.07 Å². The second kappa shape index (κ2) is 7.29. The largest absolute Gasteiger partial charge is 0.459 e. The molecule has 0 radical (unpaired) electrons. The van der Waals surface area contributed by atoms with Gasteiger partial charge in [-0.2, -0.15) is 0 Å². The summed E-state index contributed by atoms with van der Waals surface area (Å²) in [6, 6.07) is 6.12. The molecule has 3 N–H and O–H groups in total. The Kier molecular flexibility index (Phi) is 4.79. The molecule has 1 aromatic carbocycles. The van der Waals surface area contributed by atoms with Crippen LogP contribution in [0.4, 0.5) is 0 Å². The van der Waals surface area contributed by atoms with E-state index in [0.29, 0.717) is 12.2 Å². The Bertz CT molecular complexity index is 1170. The van der Waals surface area contributed by atoms with Gasteiger partial charge >= 0.3 is 5.97 Å². The monoisotopic (exact) mass is 392 g/mol. The molecular weight excluding hydrogens is 368 g/mol. The van der Waals surface area contributed by atoms with E-state index in [9.17, 15) is 4.79 Å². The molecule has 150 valence electrons. The molecule has 8 heteroatoms. The van der Waals surface area contributed by atoms with Crippen LogP contribution in [0.25, 0.3) is 22.1 Å². The van der Waals surface area contributed by atoms with Crippen molar-refractivity contribution in [3.8, 4) is 0 Å². The molecule has 0 aliphatic carbocycles. The summed E-state index contributed by atoms with van der Waals surface area (Å²) < 4.78 is 7.57. The lowest BCUT2D eigenvalue weighted by Crippen LogP contribution is -2.31. The van der Waals surface area contributed by atoms with E-state index in [0.717, 1.165) is 27.5 Å². The van der Waals surface area contributed by atoms with E-state index in [2.05, 4.69) is 26.0 Å². The van der Waals surface area contributed by atoms with Crippen molar-refractivity contribution in [1.82, 2.24) is 24.5 Å². The minimum absolute atomic E-state index is 0.176. The van der Waals surface area contributed by atoms with E-state index in [1.165, 1.54) is 6.33 Å². The van der Waals surface area contributed by atoms with Crippen LogP contribution >= 0.6 is 0 Å². The van der Waals surface area contributed by atoms with Crippen molar-refractivity contribution in [1.29, 1.82) is 0 Å². The molecule has 0 fully saturated rings. The number of hydrogen-bond donors (Lipinski definition) is 2. The van der Waals surface area contributed by atoms with Gasteiger partial charge in [-0.25, -0.2) is 15.0 Å². The van der Waals surface area contributed by atoms with Crippen LogP contribution in [0.2, 0.25) is 0 Å². The maximum atomic E-state index is 12.7. The van der Waals surface area contributed by atoms with Gasteiger partial charge in [-0.05, 0) is 44.0 Å². The smallest absolute Gasteiger partial charge is 0.315 e. The highest BCUT2D eigenvalue weighted by Crippen LogP contribution is 2.29. The number of aromatic amines is 1. The number of imidazole rings is 1. The maximum absolute atomic E-state index is 12.7. The summed E-state index contributed by atoms with van der Waals surface area (Å²) >= 11 is 0. The third-order valence-corrected chi connectivity index (χ3v) is 4.73. The van der Waals surface area contributed by atoms with Crippen LogP contribution in [-0.2, 0) is 16.1 Å². The lowest BCUT2D eigenvalue weighted by molar-refractivity contribution is -0.156. The molecule has 0 aliphatic heterocycles. The number of ether oxygens (including phenoxy) is 1. The number of carbonyl (C=O) groups is 1. The molecule has 1 atom stereocenters. The van der Waals surface area contributed by atoms with Crippen LogP contribution in [0.1, 0.15) is 37.8 Å². The zero-order valence-corrected chi connectivity index (χ0v) is 16.7. The number of carbonyl (C=O) groups excluding carboxylic acids is 1. The van der Waals surface area contributed by atoms with E-state index in [1.807, 2.05) is 43.7 Å². The molecule has 4 aromatic rings. The first-order chi connectivity index (χ1) is 13.9. The number of hydrogen-bond acceptors (Lipinski definition) is 6. The van der Waals surface area contributed by atoms with Gasteiger partial charge in [-0.3, -0.25) is 4.79 Å². The number of rotatable bonds is 5. The minimum atomic E-state index is -0.563. The zero-order chi connectivity index (χ0) is 20.6. The molecule has 0 bridgehead atoms. The van der Waals surface area contributed by atoms with Crippen LogP contribution in [0.15, 0.2) is 43.2 Å². The van der Waals surface area contributed by atoms with E-state index < -0.39 is 11.5 Å². The summed E-state index contributed by atoms with van der Waals surface area (Å²) in [6.07, 6.45) is 6.84. The molecule has 8 nitrogen and oxygen atoms in total. The number of aromatic nitrogens is 5. The van der Waals surface area contributed by atoms with E-state index in [-0.39, 0.29) is 12.5 Å². The van der Waals surface area contributed by atoms with Crippen LogP contribution in [0.5, 0.6) is 0 Å². The zero-order valence-electron chi connectivity index (χ0n) is 16.7. The van der Waals surface area contributed by atoms with Gasteiger partial charge in [0.2, 0.25) is 0 Å². The van der Waals surface area contributed by atoms with Crippen molar-refractivity contribution < 1.29 is 9.53 Å². The molecule has 0 aliphatic rings. The first-order valence-electron chi connectivity index (χ1n) is 9.49. The molecule has 3 heterocycles. The van der Waals surface area contributed by atoms with Crippen molar-refractivity contribution in [2.24, 2.45) is 5.73 Å². The Morgan fingerprint density at radius 1 is 1.31 bits per heavy atom. The standard InChI is InChI=1S/C21H24N6O2/c1-21(2,3)29-20(28)15(7-22)16-8-24-17-5-4-13(6-14(16)17)10-27-12-26-19-18(27)9-23-11-25-19/h4-6,8-9,11-12,15,24H,7,10,22H2,1-3H3. The van der Waals surface area contributed by atoms with Gasteiger partial charge in [-0.15, -0.1) is 0 Å². The van der Waals surface area contributed by atoms with Crippen LogP contribution in [-0.4, -0.2) is 42.6 Å². The quantitative estimate of drug-likeness (QED) is 0.505. The number of benzene rings is 1. The summed E-state index contributed by atoms with van der Waals surface area (Å²) in [7, 11) is 0. The molecular formula is C21H24N6O2. The topological polar surface area (TPSA) is 112 Å². The third-order valence-electron chi connectivity index (χ3n) is 4.73. The average molecular weight is 392 g/mol. The number of fused-ring (bicyclic) bond motifs is 2. The molecule has 0 amide bonds. The molecule has 29 heavy (non-hydrogen) atoms. The fourth-order valence-corrected chi connectivity index (χ4v) is 3.43. The Hall–Kier alpha value is -3.26. The van der Waals surface area contributed by atoms with Crippen LogP contribution in [0.3, 0.4) is 0 Å². The van der Waals surface area contributed by atoms with Crippen molar-refractivity contribution in [2.75, 3.05) is 6.54 Å². The normalized spacial score (nSPS) is 13.1. The van der Waals surface area contributed by atoms with E-state index >= 15 is 0 Å². The fraction of sp³-hybridized carbons (Fsp3) is 0.333. The Morgan fingerprint density at radius 3 is 2.90 bits per heavy atom. The molecule has 0 saturated heterocycles. The fourth-order valence-electron chi connectivity index (χ4n) is 3.43. The second-order valence-corrected chi connectivity index (χ2v) is 8.05. The molecule has 1 unspecified atom stereocenters. The molecule has 0 saturated carbocycles. The van der Waals surface area contributed by atoms with Crippen LogP contribution in [0, 0.1) is 0 Å². The third kappa shape index (κ3) is 3.84. The molecule has 3 aromatic heterocycles. The molecule has 4 rings (SSSR count). The predicted molar refractivity (Wildman–Crippen MR) is 110 cm³/mol. The summed E-state index contributed by atoms with van der Waals surface area (Å²) in [6.45, 7) is 6.35. The van der Waals surface area contributed by atoms with Gasteiger partial charge in [0.05, 0.1) is 18.4 Å². The van der Waals surface area contributed by atoms with Crippen molar-refractivity contribution in [3.63, 3.8) is 0 Å². The number of H-pyrrole nitrogens is 1. The van der Waals surface area contributed by atoms with Crippen molar-refractivity contribution >= 4 is 28.0 Å². The summed E-state index contributed by atoms with van der Waals surface area (Å²) in [5, 5.41) is 0.962. The van der Waals surface area contributed by atoms with Crippen molar-refractivity contribution in [3.05, 3.63) is 54.4 Å². The van der Waals surface area contributed by atoms with Gasteiger partial charge in [0.25, 0.3) is 0 Å². The SMILES string of the molecule is CC(C)(C)OC(=O)C(CN)c1c[nH]c2ccc(Cn3cnc4ncncc43)cc12.